The monoisotopic (exact) mass is 322 g/mol. The van der Waals surface area contributed by atoms with Crippen molar-refractivity contribution in [2.24, 2.45) is 0 Å². The standard InChI is InChI=1S/C15H16BClO5/c1-20-12-5-10(6-13(7-12)21-2)9-22-11-3-4-14(16(18)19)15(17)8-11/h3-8,18-19H,9H2,1-2H3. The topological polar surface area (TPSA) is 68.2 Å². The molecule has 116 valence electrons. The summed E-state index contributed by atoms with van der Waals surface area (Å²) in [5, 5.41) is 18.5. The molecule has 0 atom stereocenters. The Hall–Kier alpha value is -1.89. The fourth-order valence-electron chi connectivity index (χ4n) is 1.92. The highest BCUT2D eigenvalue weighted by atomic mass is 35.5. The van der Waals surface area contributed by atoms with Gasteiger partial charge in [-0.2, -0.15) is 0 Å². The summed E-state index contributed by atoms with van der Waals surface area (Å²) in [4.78, 5) is 0. The SMILES string of the molecule is COc1cc(COc2ccc(B(O)O)c(Cl)c2)cc(OC)c1. The van der Waals surface area contributed by atoms with E-state index in [2.05, 4.69) is 0 Å². The third-order valence-corrected chi connectivity index (χ3v) is 3.39. The van der Waals surface area contributed by atoms with Gasteiger partial charge in [0.15, 0.2) is 0 Å². The smallest absolute Gasteiger partial charge is 0.489 e. The fourth-order valence-corrected chi connectivity index (χ4v) is 2.19. The van der Waals surface area contributed by atoms with Gasteiger partial charge in [-0.1, -0.05) is 17.7 Å². The van der Waals surface area contributed by atoms with Gasteiger partial charge in [0.25, 0.3) is 0 Å². The van der Waals surface area contributed by atoms with E-state index in [9.17, 15) is 0 Å². The van der Waals surface area contributed by atoms with E-state index in [1.165, 1.54) is 12.1 Å². The first-order valence-corrected chi connectivity index (χ1v) is 6.91. The van der Waals surface area contributed by atoms with Gasteiger partial charge in [-0.25, -0.2) is 0 Å². The molecule has 2 N–H and O–H groups in total. The van der Waals surface area contributed by atoms with Crippen molar-refractivity contribution in [1.29, 1.82) is 0 Å². The van der Waals surface area contributed by atoms with Crippen LogP contribution in [-0.4, -0.2) is 31.4 Å². The maximum absolute atomic E-state index is 9.12. The highest BCUT2D eigenvalue weighted by Gasteiger charge is 2.15. The number of hydrogen-bond donors (Lipinski definition) is 2. The second-order valence-electron chi connectivity index (χ2n) is 4.57. The van der Waals surface area contributed by atoms with Gasteiger partial charge in [0.2, 0.25) is 0 Å². The first kappa shape index (κ1) is 16.5. The highest BCUT2D eigenvalue weighted by Crippen LogP contribution is 2.24. The summed E-state index contributed by atoms with van der Waals surface area (Å²) in [6, 6.07) is 10.1. The van der Waals surface area contributed by atoms with Crippen LogP contribution in [0.3, 0.4) is 0 Å². The Bertz CT molecular complexity index is 626. The Kier molecular flexibility index (Phi) is 5.54. The summed E-state index contributed by atoms with van der Waals surface area (Å²) in [5.41, 5.74) is 1.11. The van der Waals surface area contributed by atoms with Gasteiger partial charge in [-0.15, -0.1) is 0 Å². The van der Waals surface area contributed by atoms with Crippen molar-refractivity contribution in [2.45, 2.75) is 6.61 Å². The lowest BCUT2D eigenvalue weighted by atomic mass is 9.80. The van der Waals surface area contributed by atoms with Crippen molar-refractivity contribution in [3.63, 3.8) is 0 Å². The number of ether oxygens (including phenoxy) is 3. The fraction of sp³-hybridized carbons (Fsp3) is 0.200. The lowest BCUT2D eigenvalue weighted by Gasteiger charge is -2.11. The molecule has 2 aromatic carbocycles. The predicted octanol–water partition coefficient (Wildman–Crippen LogP) is 1.62. The van der Waals surface area contributed by atoms with E-state index in [0.29, 0.717) is 23.9 Å². The largest absolute Gasteiger partial charge is 0.497 e. The van der Waals surface area contributed by atoms with E-state index in [0.717, 1.165) is 5.56 Å². The molecule has 0 saturated heterocycles. The van der Waals surface area contributed by atoms with Gasteiger partial charge in [-0.3, -0.25) is 0 Å². The number of benzene rings is 2. The molecule has 0 fully saturated rings. The zero-order chi connectivity index (χ0) is 16.1. The molecule has 0 amide bonds. The van der Waals surface area contributed by atoms with Gasteiger partial charge in [0.05, 0.1) is 14.2 Å². The summed E-state index contributed by atoms with van der Waals surface area (Å²) in [6.45, 7) is 0.297. The zero-order valence-corrected chi connectivity index (χ0v) is 13.0. The van der Waals surface area contributed by atoms with Crippen LogP contribution >= 0.6 is 11.6 Å². The van der Waals surface area contributed by atoms with Crippen molar-refractivity contribution in [3.05, 3.63) is 47.0 Å². The molecular weight excluding hydrogens is 306 g/mol. The molecule has 0 saturated carbocycles. The average Bonchev–Trinajstić information content (AvgIpc) is 2.52. The van der Waals surface area contributed by atoms with Crippen molar-refractivity contribution in [2.75, 3.05) is 14.2 Å². The Labute approximate surface area is 134 Å². The van der Waals surface area contributed by atoms with E-state index < -0.39 is 7.12 Å². The van der Waals surface area contributed by atoms with Crippen LogP contribution in [0.1, 0.15) is 5.56 Å². The quantitative estimate of drug-likeness (QED) is 0.791. The van der Waals surface area contributed by atoms with Crippen LogP contribution in [0.4, 0.5) is 0 Å². The first-order valence-electron chi connectivity index (χ1n) is 6.54. The third kappa shape index (κ3) is 4.07. The maximum atomic E-state index is 9.12. The summed E-state index contributed by atoms with van der Waals surface area (Å²) in [6.07, 6.45) is 0. The molecule has 0 spiro atoms. The predicted molar refractivity (Wildman–Crippen MR) is 85.2 cm³/mol. The molecule has 0 unspecified atom stereocenters. The molecular formula is C15H16BClO5. The normalized spacial score (nSPS) is 10.2. The van der Waals surface area contributed by atoms with Crippen molar-refractivity contribution < 1.29 is 24.3 Å². The molecule has 7 heteroatoms. The zero-order valence-electron chi connectivity index (χ0n) is 12.2. The number of methoxy groups -OCH3 is 2. The van der Waals surface area contributed by atoms with Crippen LogP contribution in [0.5, 0.6) is 17.2 Å². The van der Waals surface area contributed by atoms with Crippen LogP contribution in [0.25, 0.3) is 0 Å². The molecule has 0 aliphatic heterocycles. The molecule has 0 radical (unpaired) electrons. The lowest BCUT2D eigenvalue weighted by molar-refractivity contribution is 0.304. The van der Waals surface area contributed by atoms with Gasteiger partial charge in [0, 0.05) is 16.6 Å². The van der Waals surface area contributed by atoms with Crippen LogP contribution in [0.15, 0.2) is 36.4 Å². The molecule has 5 nitrogen and oxygen atoms in total. The molecule has 2 aromatic rings. The second-order valence-corrected chi connectivity index (χ2v) is 4.97. The first-order chi connectivity index (χ1) is 10.5. The Balaban J connectivity index is 2.11. The van der Waals surface area contributed by atoms with E-state index >= 15 is 0 Å². The summed E-state index contributed by atoms with van der Waals surface area (Å²) >= 11 is 5.96. The van der Waals surface area contributed by atoms with Crippen LogP contribution in [0, 0.1) is 0 Å². The number of hydrogen-bond acceptors (Lipinski definition) is 5. The second kappa shape index (κ2) is 7.40. The molecule has 22 heavy (non-hydrogen) atoms. The molecule has 0 heterocycles. The molecule has 0 aliphatic rings. The molecule has 0 bridgehead atoms. The summed E-state index contributed by atoms with van der Waals surface area (Å²) in [7, 11) is 1.56. The molecule has 0 aromatic heterocycles. The Morgan fingerprint density at radius 3 is 2.09 bits per heavy atom. The van der Waals surface area contributed by atoms with Crippen molar-refractivity contribution in [1.82, 2.24) is 0 Å². The van der Waals surface area contributed by atoms with E-state index in [1.807, 2.05) is 12.1 Å². The van der Waals surface area contributed by atoms with E-state index in [1.54, 1.807) is 26.4 Å². The van der Waals surface area contributed by atoms with Gasteiger partial charge >= 0.3 is 7.12 Å². The number of halogens is 1. The summed E-state index contributed by atoms with van der Waals surface area (Å²) in [5.74, 6) is 1.88. The Morgan fingerprint density at radius 2 is 1.59 bits per heavy atom. The van der Waals surface area contributed by atoms with Crippen molar-refractivity contribution >= 4 is 24.2 Å². The molecule has 2 rings (SSSR count). The lowest BCUT2D eigenvalue weighted by Crippen LogP contribution is -2.30. The van der Waals surface area contributed by atoms with Gasteiger partial charge in [-0.05, 0) is 29.8 Å². The van der Waals surface area contributed by atoms with E-state index in [4.69, 9.17) is 35.9 Å². The van der Waals surface area contributed by atoms with E-state index in [-0.39, 0.29) is 10.5 Å². The van der Waals surface area contributed by atoms with Gasteiger partial charge < -0.3 is 24.3 Å². The van der Waals surface area contributed by atoms with Crippen LogP contribution in [-0.2, 0) is 6.61 Å². The minimum absolute atomic E-state index is 0.232. The highest BCUT2D eigenvalue weighted by molar-refractivity contribution is 6.62. The number of rotatable bonds is 6. The summed E-state index contributed by atoms with van der Waals surface area (Å²) < 4.78 is 16.0. The van der Waals surface area contributed by atoms with Gasteiger partial charge in [0.1, 0.15) is 23.9 Å². The van der Waals surface area contributed by atoms with Crippen LogP contribution < -0.4 is 19.7 Å². The maximum Gasteiger partial charge on any atom is 0.489 e. The minimum Gasteiger partial charge on any atom is -0.497 e. The molecule has 0 aliphatic carbocycles. The van der Waals surface area contributed by atoms with Crippen molar-refractivity contribution in [3.8, 4) is 17.2 Å². The van der Waals surface area contributed by atoms with Crippen LogP contribution in [0.2, 0.25) is 5.02 Å². The average molecular weight is 323 g/mol. The minimum atomic E-state index is -1.61. The third-order valence-electron chi connectivity index (χ3n) is 3.07. The Morgan fingerprint density at radius 1 is 0.955 bits per heavy atom.